The number of likely N-dealkylation sites (tertiary alicyclic amines) is 1. The Morgan fingerprint density at radius 1 is 1.09 bits per heavy atom. The Balaban J connectivity index is 1.63. The monoisotopic (exact) mass is 485 g/mol. The highest BCUT2D eigenvalue weighted by atomic mass is 19.4. The van der Waals surface area contributed by atoms with Gasteiger partial charge in [0.2, 0.25) is 0 Å². The van der Waals surface area contributed by atoms with Gasteiger partial charge in [0.1, 0.15) is 17.2 Å². The Bertz CT molecular complexity index is 1200. The fourth-order valence-electron chi connectivity index (χ4n) is 3.77. The van der Waals surface area contributed by atoms with Crippen LogP contribution in [0.15, 0.2) is 54.9 Å². The summed E-state index contributed by atoms with van der Waals surface area (Å²) in [5, 5.41) is 2.98. The maximum Gasteiger partial charge on any atom is 0.416 e. The number of hydrogen-bond acceptors (Lipinski definition) is 6. The summed E-state index contributed by atoms with van der Waals surface area (Å²) < 4.78 is 45.0. The number of alkyl halides is 3. The van der Waals surface area contributed by atoms with Gasteiger partial charge in [-0.15, -0.1) is 0 Å². The van der Waals surface area contributed by atoms with Gasteiger partial charge in [-0.05, 0) is 57.5 Å². The fraction of sp³-hybridized carbons (Fsp3) is 0.360. The molecule has 1 aromatic carbocycles. The third kappa shape index (κ3) is 6.26. The molecule has 0 bridgehead atoms. The zero-order chi connectivity index (χ0) is 25.2. The molecule has 1 fully saturated rings. The summed E-state index contributed by atoms with van der Waals surface area (Å²) in [6.07, 6.45) is -0.936. The van der Waals surface area contributed by atoms with E-state index in [9.17, 15) is 18.0 Å². The zero-order valence-corrected chi connectivity index (χ0v) is 19.6. The Kier molecular flexibility index (Phi) is 6.64. The number of rotatable bonds is 4. The van der Waals surface area contributed by atoms with Crippen LogP contribution < -0.4 is 5.32 Å². The van der Waals surface area contributed by atoms with Gasteiger partial charge < -0.3 is 15.0 Å². The average molecular weight is 486 g/mol. The van der Waals surface area contributed by atoms with E-state index >= 15 is 0 Å². The van der Waals surface area contributed by atoms with E-state index in [0.29, 0.717) is 36.8 Å². The highest BCUT2D eigenvalue weighted by Crippen LogP contribution is 2.33. The van der Waals surface area contributed by atoms with E-state index in [2.05, 4.69) is 15.3 Å². The molecule has 3 aromatic rings. The number of hydrogen-bond donors (Lipinski definition) is 1. The number of anilines is 2. The molecule has 0 radical (unpaired) electrons. The van der Waals surface area contributed by atoms with Crippen LogP contribution in [0.4, 0.5) is 29.5 Å². The van der Waals surface area contributed by atoms with Crippen LogP contribution in [0.2, 0.25) is 0 Å². The van der Waals surface area contributed by atoms with Crippen molar-refractivity contribution < 1.29 is 22.7 Å². The number of carbonyl (C=O) groups excluding carboxylic acids is 1. The molecular formula is C25H26F3N5O2. The van der Waals surface area contributed by atoms with Gasteiger partial charge in [0.25, 0.3) is 0 Å². The summed E-state index contributed by atoms with van der Waals surface area (Å²) in [5.74, 6) is 0.711. The number of nitrogens with one attached hydrogen (secondary N) is 1. The summed E-state index contributed by atoms with van der Waals surface area (Å²) in [4.78, 5) is 27.5. The Labute approximate surface area is 201 Å². The third-order valence-electron chi connectivity index (χ3n) is 5.39. The number of amides is 1. The van der Waals surface area contributed by atoms with Crippen molar-refractivity contribution in [3.05, 3.63) is 66.2 Å². The number of nitrogens with zero attached hydrogens (tertiary/aromatic N) is 4. The van der Waals surface area contributed by atoms with Crippen LogP contribution >= 0.6 is 0 Å². The van der Waals surface area contributed by atoms with Crippen LogP contribution in [0.25, 0.3) is 11.3 Å². The highest BCUT2D eigenvalue weighted by molar-refractivity contribution is 5.69. The molecule has 7 nitrogen and oxygen atoms in total. The van der Waals surface area contributed by atoms with E-state index < -0.39 is 23.4 Å². The first-order valence-electron chi connectivity index (χ1n) is 11.2. The molecule has 1 aliphatic heterocycles. The normalized spacial score (nSPS) is 16.3. The van der Waals surface area contributed by atoms with E-state index in [-0.39, 0.29) is 11.6 Å². The summed E-state index contributed by atoms with van der Waals surface area (Å²) in [5.41, 5.74) is 0.289. The van der Waals surface area contributed by atoms with Crippen molar-refractivity contribution in [2.24, 2.45) is 0 Å². The third-order valence-corrected chi connectivity index (χ3v) is 5.39. The molecule has 1 N–H and O–H groups in total. The molecule has 1 saturated heterocycles. The van der Waals surface area contributed by atoms with E-state index in [1.807, 2.05) is 20.8 Å². The van der Waals surface area contributed by atoms with Crippen molar-refractivity contribution in [1.29, 1.82) is 0 Å². The largest absolute Gasteiger partial charge is 0.444 e. The quantitative estimate of drug-likeness (QED) is 0.486. The second kappa shape index (κ2) is 9.52. The topological polar surface area (TPSA) is 80.2 Å². The molecule has 1 amide bonds. The van der Waals surface area contributed by atoms with E-state index in [0.717, 1.165) is 17.7 Å². The molecule has 35 heavy (non-hydrogen) atoms. The molecule has 1 atom stereocenters. The average Bonchev–Trinajstić information content (AvgIpc) is 3.29. The van der Waals surface area contributed by atoms with Crippen LogP contribution in [0.3, 0.4) is 0 Å². The molecular weight excluding hydrogens is 459 g/mol. The van der Waals surface area contributed by atoms with E-state index in [1.54, 1.807) is 41.6 Å². The molecule has 0 saturated carbocycles. The molecule has 10 heteroatoms. The second-order valence-electron chi connectivity index (χ2n) is 9.35. The first-order chi connectivity index (χ1) is 16.5. The SMILES string of the molecule is CC(C)(C)OC(=O)N1CCC(c2nc(Nc3cccc(C(F)(F)F)c3)cc(-c3ccncc3)n2)C1. The lowest BCUT2D eigenvalue weighted by molar-refractivity contribution is -0.137. The van der Waals surface area contributed by atoms with Crippen molar-refractivity contribution in [3.63, 3.8) is 0 Å². The lowest BCUT2D eigenvalue weighted by Gasteiger charge is -2.24. The zero-order valence-electron chi connectivity index (χ0n) is 19.6. The van der Waals surface area contributed by atoms with Gasteiger partial charge in [0.15, 0.2) is 0 Å². The summed E-state index contributed by atoms with van der Waals surface area (Å²) in [7, 11) is 0. The van der Waals surface area contributed by atoms with Crippen LogP contribution in [0.5, 0.6) is 0 Å². The highest BCUT2D eigenvalue weighted by Gasteiger charge is 2.33. The number of pyridine rings is 1. The first-order valence-corrected chi connectivity index (χ1v) is 11.2. The Morgan fingerprint density at radius 2 is 1.83 bits per heavy atom. The molecule has 4 rings (SSSR count). The second-order valence-corrected chi connectivity index (χ2v) is 9.35. The lowest BCUT2D eigenvalue weighted by Crippen LogP contribution is -2.35. The van der Waals surface area contributed by atoms with Gasteiger partial charge in [0, 0.05) is 48.7 Å². The van der Waals surface area contributed by atoms with Crippen molar-refractivity contribution in [1.82, 2.24) is 19.9 Å². The standard InChI is InChI=1S/C25H26F3N5O2/c1-24(2,3)35-23(34)33-12-9-17(15-33)22-31-20(16-7-10-29-11-8-16)14-21(32-22)30-19-6-4-5-18(13-19)25(26,27)28/h4-8,10-11,13-14,17H,9,12,15H2,1-3H3,(H,30,31,32). The van der Waals surface area contributed by atoms with Crippen molar-refractivity contribution in [2.45, 2.75) is 44.9 Å². The summed E-state index contributed by atoms with van der Waals surface area (Å²) in [6, 6.07) is 10.2. The molecule has 1 aliphatic rings. The van der Waals surface area contributed by atoms with Crippen molar-refractivity contribution in [2.75, 3.05) is 18.4 Å². The number of carbonyl (C=O) groups is 1. The number of halogens is 3. The molecule has 184 valence electrons. The molecule has 3 heterocycles. The van der Waals surface area contributed by atoms with Crippen LogP contribution in [0.1, 0.15) is 44.5 Å². The number of benzene rings is 1. The van der Waals surface area contributed by atoms with Gasteiger partial charge in [-0.25, -0.2) is 14.8 Å². The lowest BCUT2D eigenvalue weighted by atomic mass is 10.1. The molecule has 1 unspecified atom stereocenters. The van der Waals surface area contributed by atoms with Gasteiger partial charge in [-0.3, -0.25) is 4.98 Å². The fourth-order valence-corrected chi connectivity index (χ4v) is 3.77. The van der Waals surface area contributed by atoms with Crippen LogP contribution in [0, 0.1) is 0 Å². The van der Waals surface area contributed by atoms with Gasteiger partial charge >= 0.3 is 12.3 Å². The Hall–Kier alpha value is -3.69. The Morgan fingerprint density at radius 3 is 2.51 bits per heavy atom. The van der Waals surface area contributed by atoms with Gasteiger partial charge in [0.05, 0.1) is 11.3 Å². The van der Waals surface area contributed by atoms with Crippen LogP contribution in [-0.4, -0.2) is 44.6 Å². The van der Waals surface area contributed by atoms with Gasteiger partial charge in [-0.2, -0.15) is 13.2 Å². The smallest absolute Gasteiger partial charge is 0.416 e. The van der Waals surface area contributed by atoms with E-state index in [1.165, 1.54) is 6.07 Å². The van der Waals surface area contributed by atoms with Gasteiger partial charge in [-0.1, -0.05) is 6.07 Å². The first kappa shape index (κ1) is 24.4. The summed E-state index contributed by atoms with van der Waals surface area (Å²) in [6.45, 7) is 6.32. The molecule has 0 spiro atoms. The van der Waals surface area contributed by atoms with Crippen LogP contribution in [-0.2, 0) is 10.9 Å². The predicted octanol–water partition coefficient (Wildman–Crippen LogP) is 6.03. The van der Waals surface area contributed by atoms with E-state index in [4.69, 9.17) is 9.72 Å². The summed E-state index contributed by atoms with van der Waals surface area (Å²) >= 11 is 0. The van der Waals surface area contributed by atoms with Crippen molar-refractivity contribution in [3.8, 4) is 11.3 Å². The molecule has 2 aromatic heterocycles. The maximum absolute atomic E-state index is 13.2. The van der Waals surface area contributed by atoms with Crippen molar-refractivity contribution >= 4 is 17.6 Å². The maximum atomic E-state index is 13.2. The predicted molar refractivity (Wildman–Crippen MR) is 125 cm³/mol. The minimum atomic E-state index is -4.45. The number of ether oxygens (including phenoxy) is 1. The minimum Gasteiger partial charge on any atom is -0.444 e. The molecule has 0 aliphatic carbocycles. The minimum absolute atomic E-state index is 0.147. The number of aromatic nitrogens is 3.